The van der Waals surface area contributed by atoms with Gasteiger partial charge in [-0.2, -0.15) is 0 Å². The van der Waals surface area contributed by atoms with Crippen molar-refractivity contribution in [2.24, 2.45) is 0 Å². The van der Waals surface area contributed by atoms with Crippen molar-refractivity contribution in [2.75, 3.05) is 6.61 Å². The lowest BCUT2D eigenvalue weighted by molar-refractivity contribution is 0.282. The summed E-state index contributed by atoms with van der Waals surface area (Å²) in [5.74, 6) is -0.127. The van der Waals surface area contributed by atoms with Crippen LogP contribution in [-0.4, -0.2) is 11.7 Å². The van der Waals surface area contributed by atoms with Crippen molar-refractivity contribution >= 4 is 11.6 Å². The SMILES string of the molecule is [CH2]C(CO)c1cccc(C)c1Cl. The first-order valence-electron chi connectivity index (χ1n) is 3.85. The first kappa shape index (κ1) is 9.56. The maximum Gasteiger partial charge on any atom is 0.0500 e. The minimum absolute atomic E-state index is 0.0309. The molecule has 0 fully saturated rings. The highest BCUT2D eigenvalue weighted by Crippen LogP contribution is 2.26. The van der Waals surface area contributed by atoms with Crippen LogP contribution in [0.3, 0.4) is 0 Å². The van der Waals surface area contributed by atoms with E-state index in [1.807, 2.05) is 25.1 Å². The number of aryl methyl sites for hydroxylation is 1. The lowest BCUT2D eigenvalue weighted by Crippen LogP contribution is -2.00. The van der Waals surface area contributed by atoms with Crippen molar-refractivity contribution in [1.29, 1.82) is 0 Å². The van der Waals surface area contributed by atoms with Crippen LogP contribution in [-0.2, 0) is 0 Å². The van der Waals surface area contributed by atoms with Crippen LogP contribution >= 0.6 is 11.6 Å². The quantitative estimate of drug-likeness (QED) is 0.747. The molecule has 1 aromatic rings. The van der Waals surface area contributed by atoms with Gasteiger partial charge in [-0.3, -0.25) is 0 Å². The Kier molecular flexibility index (Phi) is 3.12. The molecule has 0 aromatic heterocycles. The molecule has 0 saturated heterocycles. The molecule has 12 heavy (non-hydrogen) atoms. The van der Waals surface area contributed by atoms with Gasteiger partial charge in [0.25, 0.3) is 0 Å². The monoisotopic (exact) mass is 183 g/mol. The van der Waals surface area contributed by atoms with Crippen molar-refractivity contribution in [3.8, 4) is 0 Å². The number of hydrogen-bond donors (Lipinski definition) is 1. The maximum atomic E-state index is 8.88. The van der Waals surface area contributed by atoms with Gasteiger partial charge in [0.05, 0.1) is 0 Å². The van der Waals surface area contributed by atoms with Crippen LogP contribution in [0.2, 0.25) is 5.02 Å². The second-order valence-corrected chi connectivity index (χ2v) is 3.24. The van der Waals surface area contributed by atoms with Crippen molar-refractivity contribution in [3.63, 3.8) is 0 Å². The molecule has 0 heterocycles. The highest BCUT2D eigenvalue weighted by atomic mass is 35.5. The van der Waals surface area contributed by atoms with Gasteiger partial charge >= 0.3 is 0 Å². The predicted octanol–water partition coefficient (Wildman–Crippen LogP) is 2.56. The zero-order valence-corrected chi connectivity index (χ0v) is 7.80. The molecule has 0 aliphatic carbocycles. The maximum absolute atomic E-state index is 8.88. The summed E-state index contributed by atoms with van der Waals surface area (Å²) in [6.45, 7) is 5.77. The second kappa shape index (κ2) is 3.92. The normalized spacial score (nSPS) is 13.0. The lowest BCUT2D eigenvalue weighted by Gasteiger charge is -2.11. The van der Waals surface area contributed by atoms with E-state index in [1.54, 1.807) is 0 Å². The van der Waals surface area contributed by atoms with Gasteiger partial charge in [-0.05, 0) is 25.0 Å². The van der Waals surface area contributed by atoms with Crippen molar-refractivity contribution < 1.29 is 5.11 Å². The molecule has 1 radical (unpaired) electrons. The van der Waals surface area contributed by atoms with Gasteiger partial charge in [0.15, 0.2) is 0 Å². The molecular weight excluding hydrogens is 172 g/mol. The Labute approximate surface area is 78.0 Å². The third-order valence-corrected chi connectivity index (χ3v) is 2.40. The van der Waals surface area contributed by atoms with Gasteiger partial charge in [0.2, 0.25) is 0 Å². The Morgan fingerprint density at radius 1 is 1.58 bits per heavy atom. The van der Waals surface area contributed by atoms with Crippen molar-refractivity contribution in [3.05, 3.63) is 41.3 Å². The zero-order valence-electron chi connectivity index (χ0n) is 7.05. The molecule has 2 heteroatoms. The summed E-state index contributed by atoms with van der Waals surface area (Å²) in [4.78, 5) is 0. The number of rotatable bonds is 2. The summed E-state index contributed by atoms with van der Waals surface area (Å²) in [6, 6.07) is 5.75. The Morgan fingerprint density at radius 3 is 2.83 bits per heavy atom. The molecule has 1 rings (SSSR count). The fraction of sp³-hybridized carbons (Fsp3) is 0.300. The first-order chi connectivity index (χ1) is 5.66. The van der Waals surface area contributed by atoms with Crippen LogP contribution in [0.25, 0.3) is 0 Å². The van der Waals surface area contributed by atoms with Crippen molar-refractivity contribution in [1.82, 2.24) is 0 Å². The molecule has 0 saturated carbocycles. The van der Waals surface area contributed by atoms with E-state index in [-0.39, 0.29) is 12.5 Å². The van der Waals surface area contributed by atoms with E-state index >= 15 is 0 Å². The number of aliphatic hydroxyl groups is 1. The van der Waals surface area contributed by atoms with E-state index in [4.69, 9.17) is 16.7 Å². The molecule has 0 bridgehead atoms. The Hall–Kier alpha value is -0.530. The van der Waals surface area contributed by atoms with E-state index < -0.39 is 0 Å². The first-order valence-corrected chi connectivity index (χ1v) is 4.23. The molecule has 1 unspecified atom stereocenters. The zero-order chi connectivity index (χ0) is 9.14. The topological polar surface area (TPSA) is 20.2 Å². The average Bonchev–Trinajstić information content (AvgIpc) is 2.08. The predicted molar refractivity (Wildman–Crippen MR) is 51.4 cm³/mol. The molecule has 65 valence electrons. The number of halogens is 1. The minimum atomic E-state index is -0.127. The van der Waals surface area contributed by atoms with E-state index in [0.717, 1.165) is 11.1 Å². The number of aliphatic hydroxyl groups excluding tert-OH is 1. The fourth-order valence-corrected chi connectivity index (χ4v) is 1.36. The standard InChI is InChI=1S/C10H12ClO/c1-7-4-3-5-9(10(7)11)8(2)6-12/h3-5,8,12H,2,6H2,1H3. The molecule has 0 spiro atoms. The van der Waals surface area contributed by atoms with E-state index in [2.05, 4.69) is 6.92 Å². The fourth-order valence-electron chi connectivity index (χ4n) is 1.08. The third-order valence-electron chi connectivity index (χ3n) is 1.88. The van der Waals surface area contributed by atoms with Crippen LogP contribution in [0.15, 0.2) is 18.2 Å². The van der Waals surface area contributed by atoms with Crippen molar-refractivity contribution in [2.45, 2.75) is 12.8 Å². The van der Waals surface area contributed by atoms with Gasteiger partial charge in [-0.15, -0.1) is 0 Å². The molecule has 1 aromatic carbocycles. The summed E-state index contributed by atoms with van der Waals surface area (Å²) in [7, 11) is 0. The second-order valence-electron chi connectivity index (χ2n) is 2.86. The minimum Gasteiger partial charge on any atom is -0.396 e. The van der Waals surface area contributed by atoms with Gasteiger partial charge in [-0.25, -0.2) is 0 Å². The molecule has 1 nitrogen and oxygen atoms in total. The van der Waals surface area contributed by atoms with Gasteiger partial charge in [0, 0.05) is 17.5 Å². The Morgan fingerprint density at radius 2 is 2.25 bits per heavy atom. The third kappa shape index (κ3) is 1.79. The summed E-state index contributed by atoms with van der Waals surface area (Å²) in [5, 5.41) is 9.60. The lowest BCUT2D eigenvalue weighted by atomic mass is 10.0. The van der Waals surface area contributed by atoms with Crippen LogP contribution in [0.1, 0.15) is 17.0 Å². The molecule has 0 aliphatic rings. The van der Waals surface area contributed by atoms with E-state index in [0.29, 0.717) is 5.02 Å². The highest BCUT2D eigenvalue weighted by Gasteiger charge is 2.09. The van der Waals surface area contributed by atoms with Crippen LogP contribution in [0.4, 0.5) is 0 Å². The van der Waals surface area contributed by atoms with Crippen LogP contribution in [0.5, 0.6) is 0 Å². The summed E-state index contributed by atoms with van der Waals surface area (Å²) < 4.78 is 0. The highest BCUT2D eigenvalue weighted by molar-refractivity contribution is 6.32. The van der Waals surface area contributed by atoms with Gasteiger partial charge in [-0.1, -0.05) is 29.8 Å². The van der Waals surface area contributed by atoms with E-state index in [1.165, 1.54) is 0 Å². The summed E-state index contributed by atoms with van der Waals surface area (Å²) >= 11 is 6.02. The average molecular weight is 184 g/mol. The van der Waals surface area contributed by atoms with E-state index in [9.17, 15) is 0 Å². The summed E-state index contributed by atoms with van der Waals surface area (Å²) in [5.41, 5.74) is 1.94. The van der Waals surface area contributed by atoms with Gasteiger partial charge < -0.3 is 5.11 Å². The molecule has 1 N–H and O–H groups in total. The number of hydrogen-bond acceptors (Lipinski definition) is 1. The molecule has 0 amide bonds. The van der Waals surface area contributed by atoms with Crippen LogP contribution in [0, 0.1) is 13.8 Å². The van der Waals surface area contributed by atoms with Gasteiger partial charge in [0.1, 0.15) is 0 Å². The Bertz CT molecular complexity index is 271. The largest absolute Gasteiger partial charge is 0.396 e. The summed E-state index contributed by atoms with van der Waals surface area (Å²) in [6.07, 6.45) is 0. The Balaban J connectivity index is 3.07. The molecule has 0 aliphatic heterocycles. The van der Waals surface area contributed by atoms with Crippen LogP contribution < -0.4 is 0 Å². The smallest absolute Gasteiger partial charge is 0.0500 e. The number of benzene rings is 1. The molecule has 1 atom stereocenters. The molecular formula is C10H12ClO.